The zero-order chi connectivity index (χ0) is 17.4. The van der Waals surface area contributed by atoms with Crippen molar-refractivity contribution in [1.29, 1.82) is 0 Å². The smallest absolute Gasteiger partial charge is 0.266 e. The Balaban J connectivity index is 2.02. The van der Waals surface area contributed by atoms with Gasteiger partial charge in [-0.15, -0.1) is 11.3 Å². The van der Waals surface area contributed by atoms with E-state index in [1.54, 1.807) is 14.0 Å². The van der Waals surface area contributed by atoms with Crippen molar-refractivity contribution in [2.45, 2.75) is 6.92 Å². The van der Waals surface area contributed by atoms with Crippen LogP contribution in [0.25, 0.3) is 10.2 Å². The Hall–Kier alpha value is -2.74. The molecule has 0 aliphatic rings. The van der Waals surface area contributed by atoms with E-state index in [9.17, 15) is 14.0 Å². The monoisotopic (exact) mass is 347 g/mol. The number of benzene rings is 1. The first-order valence-electron chi connectivity index (χ1n) is 7.02. The first-order valence-corrected chi connectivity index (χ1v) is 7.83. The molecule has 1 amide bonds. The average molecular weight is 347 g/mol. The molecule has 6 nitrogen and oxygen atoms in total. The zero-order valence-electron chi connectivity index (χ0n) is 13.2. The van der Waals surface area contributed by atoms with Crippen molar-refractivity contribution in [3.63, 3.8) is 0 Å². The van der Waals surface area contributed by atoms with Gasteiger partial charge in [-0.05, 0) is 24.6 Å². The van der Waals surface area contributed by atoms with E-state index in [1.807, 2.05) is 0 Å². The second-order valence-corrected chi connectivity index (χ2v) is 6.19. The zero-order valence-corrected chi connectivity index (χ0v) is 14.0. The van der Waals surface area contributed by atoms with Gasteiger partial charge in [-0.3, -0.25) is 9.59 Å². The molecule has 0 saturated heterocycles. The summed E-state index contributed by atoms with van der Waals surface area (Å²) in [7, 11) is 3.00. The number of carbonyl (C=O) groups excluding carboxylic acids is 1. The fraction of sp³-hybridized carbons (Fsp3) is 0.188. The largest absolute Gasteiger partial charge is 0.494 e. The van der Waals surface area contributed by atoms with Crippen molar-refractivity contribution in [1.82, 2.24) is 9.55 Å². The van der Waals surface area contributed by atoms with E-state index >= 15 is 0 Å². The SMILES string of the molecule is COc1cc(F)ccc1NC(=O)c1sc2ncn(C)c(=O)c2c1C. The number of hydrogen-bond acceptors (Lipinski definition) is 5. The number of halogens is 1. The molecule has 3 rings (SSSR count). The van der Waals surface area contributed by atoms with Gasteiger partial charge in [-0.25, -0.2) is 9.37 Å². The number of ether oxygens (including phenoxy) is 1. The fourth-order valence-corrected chi connectivity index (χ4v) is 3.41. The molecule has 2 heterocycles. The lowest BCUT2D eigenvalue weighted by Crippen LogP contribution is -2.17. The van der Waals surface area contributed by atoms with Crippen LogP contribution in [-0.4, -0.2) is 22.6 Å². The Kier molecular flexibility index (Phi) is 4.06. The first-order chi connectivity index (χ1) is 11.4. The molecule has 1 aromatic carbocycles. The Morgan fingerprint density at radius 3 is 2.88 bits per heavy atom. The minimum absolute atomic E-state index is 0.202. The molecule has 8 heteroatoms. The quantitative estimate of drug-likeness (QED) is 0.791. The molecule has 0 radical (unpaired) electrons. The summed E-state index contributed by atoms with van der Waals surface area (Å²) in [6, 6.07) is 3.84. The lowest BCUT2D eigenvalue weighted by molar-refractivity contribution is 0.102. The van der Waals surface area contributed by atoms with E-state index < -0.39 is 11.7 Å². The molecule has 2 aromatic heterocycles. The lowest BCUT2D eigenvalue weighted by atomic mass is 10.2. The van der Waals surface area contributed by atoms with Crippen LogP contribution in [0.4, 0.5) is 10.1 Å². The van der Waals surface area contributed by atoms with Crippen LogP contribution in [0, 0.1) is 12.7 Å². The molecule has 1 N–H and O–H groups in total. The Morgan fingerprint density at radius 1 is 1.42 bits per heavy atom. The highest BCUT2D eigenvalue weighted by atomic mass is 32.1. The Morgan fingerprint density at radius 2 is 2.17 bits per heavy atom. The van der Waals surface area contributed by atoms with E-state index in [1.165, 1.54) is 36.2 Å². The summed E-state index contributed by atoms with van der Waals surface area (Å²) in [5, 5.41) is 3.12. The summed E-state index contributed by atoms with van der Waals surface area (Å²) in [5.74, 6) is -0.644. The molecular weight excluding hydrogens is 333 g/mol. The van der Waals surface area contributed by atoms with Crippen molar-refractivity contribution >= 4 is 33.1 Å². The second kappa shape index (κ2) is 6.04. The predicted octanol–water partition coefficient (Wildman–Crippen LogP) is 2.70. The maximum atomic E-state index is 13.2. The number of aryl methyl sites for hydroxylation is 2. The number of amides is 1. The molecule has 0 aliphatic carbocycles. The summed E-state index contributed by atoms with van der Waals surface area (Å²) >= 11 is 1.14. The standard InChI is InChI=1S/C16H14FN3O3S/c1-8-12-15(18-7-20(2)16(12)22)24-13(8)14(21)19-10-5-4-9(17)6-11(10)23-3/h4-7H,1-3H3,(H,19,21). The molecule has 0 unspecified atom stereocenters. The number of rotatable bonds is 3. The van der Waals surface area contributed by atoms with Crippen LogP contribution in [0.15, 0.2) is 29.3 Å². The number of hydrogen-bond donors (Lipinski definition) is 1. The van der Waals surface area contributed by atoms with Crippen LogP contribution in [-0.2, 0) is 7.05 Å². The van der Waals surface area contributed by atoms with E-state index in [4.69, 9.17) is 4.74 Å². The van der Waals surface area contributed by atoms with Gasteiger partial charge in [0, 0.05) is 13.1 Å². The first kappa shape index (κ1) is 16.1. The number of fused-ring (bicyclic) bond motifs is 1. The Bertz CT molecular complexity index is 1010. The minimum atomic E-state index is -0.462. The molecule has 124 valence electrons. The molecule has 0 aliphatic heterocycles. The van der Waals surface area contributed by atoms with Crippen LogP contribution in [0.5, 0.6) is 5.75 Å². The molecule has 0 spiro atoms. The van der Waals surface area contributed by atoms with Crippen molar-refractivity contribution in [3.05, 3.63) is 51.1 Å². The number of carbonyl (C=O) groups is 1. The highest BCUT2D eigenvalue weighted by Gasteiger charge is 2.20. The molecule has 24 heavy (non-hydrogen) atoms. The number of nitrogens with zero attached hydrogens (tertiary/aromatic N) is 2. The number of aromatic nitrogens is 2. The maximum Gasteiger partial charge on any atom is 0.266 e. The van der Waals surface area contributed by atoms with E-state index in [-0.39, 0.29) is 11.3 Å². The molecule has 0 fully saturated rings. The Labute approximate surface area is 140 Å². The van der Waals surface area contributed by atoms with Gasteiger partial charge in [-0.1, -0.05) is 0 Å². The number of methoxy groups -OCH3 is 1. The number of nitrogens with one attached hydrogen (secondary N) is 1. The van der Waals surface area contributed by atoms with Gasteiger partial charge in [0.25, 0.3) is 11.5 Å². The topological polar surface area (TPSA) is 73.2 Å². The van der Waals surface area contributed by atoms with Crippen molar-refractivity contribution in [3.8, 4) is 5.75 Å². The van der Waals surface area contributed by atoms with E-state index in [0.717, 1.165) is 11.3 Å². The van der Waals surface area contributed by atoms with E-state index in [0.29, 0.717) is 26.3 Å². The average Bonchev–Trinajstić information content (AvgIpc) is 2.90. The highest BCUT2D eigenvalue weighted by molar-refractivity contribution is 7.20. The normalized spacial score (nSPS) is 10.8. The highest BCUT2D eigenvalue weighted by Crippen LogP contribution is 2.30. The summed E-state index contributed by atoms with van der Waals surface area (Å²) in [4.78, 5) is 29.9. The van der Waals surface area contributed by atoms with Crippen LogP contribution in [0.2, 0.25) is 0 Å². The van der Waals surface area contributed by atoms with Gasteiger partial charge < -0.3 is 14.6 Å². The molecular formula is C16H14FN3O3S. The van der Waals surface area contributed by atoms with Crippen LogP contribution < -0.4 is 15.6 Å². The second-order valence-electron chi connectivity index (χ2n) is 5.20. The molecule has 3 aromatic rings. The lowest BCUT2D eigenvalue weighted by Gasteiger charge is -2.09. The predicted molar refractivity (Wildman–Crippen MR) is 90.5 cm³/mol. The summed E-state index contributed by atoms with van der Waals surface area (Å²) in [6.45, 7) is 1.71. The third kappa shape index (κ3) is 2.65. The number of anilines is 1. The maximum absolute atomic E-state index is 13.2. The van der Waals surface area contributed by atoms with Crippen molar-refractivity contribution < 1.29 is 13.9 Å². The summed E-state index contributed by atoms with van der Waals surface area (Å²) in [5.41, 5.74) is 0.719. The number of thiophene rings is 1. The van der Waals surface area contributed by atoms with Gasteiger partial charge in [0.2, 0.25) is 0 Å². The third-order valence-electron chi connectivity index (χ3n) is 3.63. The van der Waals surface area contributed by atoms with Crippen LogP contribution in [0.3, 0.4) is 0 Å². The van der Waals surface area contributed by atoms with Gasteiger partial charge in [-0.2, -0.15) is 0 Å². The van der Waals surface area contributed by atoms with Crippen LogP contribution >= 0.6 is 11.3 Å². The van der Waals surface area contributed by atoms with Crippen molar-refractivity contribution in [2.24, 2.45) is 7.05 Å². The van der Waals surface area contributed by atoms with Crippen molar-refractivity contribution in [2.75, 3.05) is 12.4 Å². The minimum Gasteiger partial charge on any atom is -0.494 e. The molecule has 0 bridgehead atoms. The van der Waals surface area contributed by atoms with Gasteiger partial charge in [0.15, 0.2) is 0 Å². The van der Waals surface area contributed by atoms with Crippen LogP contribution in [0.1, 0.15) is 15.2 Å². The molecule has 0 atom stereocenters. The molecule has 0 saturated carbocycles. The van der Waals surface area contributed by atoms with Gasteiger partial charge in [0.05, 0.1) is 29.4 Å². The fourth-order valence-electron chi connectivity index (χ4n) is 2.37. The summed E-state index contributed by atoms with van der Waals surface area (Å²) < 4.78 is 19.7. The summed E-state index contributed by atoms with van der Waals surface area (Å²) in [6.07, 6.45) is 1.42. The third-order valence-corrected chi connectivity index (χ3v) is 4.83. The van der Waals surface area contributed by atoms with E-state index in [2.05, 4.69) is 10.3 Å². The van der Waals surface area contributed by atoms with Gasteiger partial charge >= 0.3 is 0 Å². The van der Waals surface area contributed by atoms with Gasteiger partial charge in [0.1, 0.15) is 16.4 Å².